The van der Waals surface area contributed by atoms with E-state index >= 15 is 0 Å². The fourth-order valence-corrected chi connectivity index (χ4v) is 4.02. The van der Waals surface area contributed by atoms with Gasteiger partial charge >= 0.3 is 0 Å². The molecule has 1 saturated carbocycles. The van der Waals surface area contributed by atoms with Gasteiger partial charge in [0.05, 0.1) is 16.4 Å². The van der Waals surface area contributed by atoms with Crippen LogP contribution in [0.4, 0.5) is 0 Å². The Bertz CT molecular complexity index is 1170. The molecule has 0 radical (unpaired) electrons. The number of aromatic nitrogens is 2. The molecular formula is C22H21N3O2S. The first-order valence-electron chi connectivity index (χ1n) is 9.30. The second kappa shape index (κ2) is 7.20. The van der Waals surface area contributed by atoms with E-state index < -0.39 is 0 Å². The molecule has 2 aromatic carbocycles. The third-order valence-corrected chi connectivity index (χ3v) is 5.76. The van der Waals surface area contributed by atoms with E-state index in [0.29, 0.717) is 27.8 Å². The number of carbonyl (C=O) groups excluding carboxylic acids is 1. The normalized spacial score (nSPS) is 15.0. The molecule has 0 bridgehead atoms. The first-order chi connectivity index (χ1) is 13.5. The van der Waals surface area contributed by atoms with Gasteiger partial charge in [-0.25, -0.2) is 0 Å². The lowest BCUT2D eigenvalue weighted by Gasteiger charge is -2.43. The molecule has 0 spiro atoms. The van der Waals surface area contributed by atoms with Crippen LogP contribution in [0, 0.1) is 4.77 Å². The molecule has 142 valence electrons. The van der Waals surface area contributed by atoms with Crippen LogP contribution in [0.25, 0.3) is 10.9 Å². The van der Waals surface area contributed by atoms with E-state index in [1.807, 2.05) is 18.2 Å². The summed E-state index contributed by atoms with van der Waals surface area (Å²) in [5.41, 5.74) is 1.69. The van der Waals surface area contributed by atoms with Gasteiger partial charge in [-0.05, 0) is 55.2 Å². The molecule has 4 rings (SSSR count). The van der Waals surface area contributed by atoms with Crippen LogP contribution in [0.2, 0.25) is 0 Å². The van der Waals surface area contributed by atoms with Crippen LogP contribution in [0.1, 0.15) is 35.2 Å². The fourth-order valence-electron chi connectivity index (χ4n) is 3.75. The zero-order chi connectivity index (χ0) is 19.7. The Morgan fingerprint density at radius 2 is 2.00 bits per heavy atom. The lowest BCUT2D eigenvalue weighted by atomic mass is 9.71. The zero-order valence-corrected chi connectivity index (χ0v) is 16.2. The molecule has 1 aliphatic rings. The maximum absolute atomic E-state index is 13.0. The molecule has 1 aromatic heterocycles. The molecule has 0 unspecified atom stereocenters. The molecule has 6 heteroatoms. The SMILES string of the molecule is C=CCn1c(=S)[nH]c2cc(C(=O)NC3(c4ccccc4)CCC3)ccc2c1=O. The molecule has 0 saturated heterocycles. The molecule has 2 N–H and O–H groups in total. The summed E-state index contributed by atoms with van der Waals surface area (Å²) >= 11 is 5.28. The Morgan fingerprint density at radius 1 is 1.25 bits per heavy atom. The molecule has 1 amide bonds. The van der Waals surface area contributed by atoms with Crippen molar-refractivity contribution in [2.24, 2.45) is 0 Å². The predicted octanol–water partition coefficient (Wildman–Crippen LogP) is 4.05. The van der Waals surface area contributed by atoms with Crippen LogP contribution in [-0.2, 0) is 12.1 Å². The average Bonchev–Trinajstić information content (AvgIpc) is 2.68. The Hall–Kier alpha value is -2.99. The van der Waals surface area contributed by atoms with Crippen molar-refractivity contribution in [2.45, 2.75) is 31.3 Å². The number of allylic oxidation sites excluding steroid dienone is 1. The van der Waals surface area contributed by atoms with Gasteiger partial charge in [-0.1, -0.05) is 36.4 Å². The summed E-state index contributed by atoms with van der Waals surface area (Å²) < 4.78 is 1.76. The number of fused-ring (bicyclic) bond motifs is 1. The van der Waals surface area contributed by atoms with E-state index in [1.54, 1.807) is 24.3 Å². The van der Waals surface area contributed by atoms with Crippen molar-refractivity contribution >= 4 is 29.0 Å². The van der Waals surface area contributed by atoms with Crippen LogP contribution in [0.15, 0.2) is 66.0 Å². The van der Waals surface area contributed by atoms with Gasteiger partial charge in [0.25, 0.3) is 11.5 Å². The number of nitrogens with zero attached hydrogens (tertiary/aromatic N) is 1. The summed E-state index contributed by atoms with van der Waals surface area (Å²) in [5.74, 6) is -0.153. The van der Waals surface area contributed by atoms with Gasteiger partial charge in [0, 0.05) is 12.1 Å². The first-order valence-corrected chi connectivity index (χ1v) is 9.71. The number of rotatable bonds is 5. The highest BCUT2D eigenvalue weighted by Crippen LogP contribution is 2.41. The smallest absolute Gasteiger partial charge is 0.262 e. The number of benzene rings is 2. The third kappa shape index (κ3) is 3.10. The number of hydrogen-bond acceptors (Lipinski definition) is 3. The Kier molecular flexibility index (Phi) is 4.73. The highest BCUT2D eigenvalue weighted by Gasteiger charge is 2.40. The Labute approximate surface area is 167 Å². The fraction of sp³-hybridized carbons (Fsp3) is 0.227. The first kappa shape index (κ1) is 18.4. The number of hydrogen-bond donors (Lipinski definition) is 2. The van der Waals surface area contributed by atoms with E-state index in [1.165, 1.54) is 4.57 Å². The van der Waals surface area contributed by atoms with E-state index in [2.05, 4.69) is 29.0 Å². The maximum atomic E-state index is 13.0. The predicted molar refractivity (Wildman–Crippen MR) is 113 cm³/mol. The highest BCUT2D eigenvalue weighted by atomic mass is 32.1. The summed E-state index contributed by atoms with van der Waals surface area (Å²) in [7, 11) is 0. The van der Waals surface area contributed by atoms with Crippen molar-refractivity contribution in [3.8, 4) is 0 Å². The minimum Gasteiger partial charge on any atom is -0.343 e. The van der Waals surface area contributed by atoms with Crippen LogP contribution >= 0.6 is 12.2 Å². The lowest BCUT2D eigenvalue weighted by molar-refractivity contribution is 0.0823. The van der Waals surface area contributed by atoms with Gasteiger partial charge in [0.2, 0.25) is 0 Å². The van der Waals surface area contributed by atoms with Crippen LogP contribution < -0.4 is 10.9 Å². The summed E-state index contributed by atoms with van der Waals surface area (Å²) in [6.07, 6.45) is 4.55. The standard InChI is InChI=1S/C22H21N3O2S/c1-2-13-25-20(27)17-10-9-15(14-18(17)23-21(25)28)19(26)24-22(11-6-12-22)16-7-4-3-5-8-16/h2-5,7-10,14H,1,6,11-13H2,(H,23,28)(H,24,26). The van der Waals surface area contributed by atoms with Gasteiger partial charge in [0.15, 0.2) is 4.77 Å². The van der Waals surface area contributed by atoms with Crippen molar-refractivity contribution < 1.29 is 4.79 Å². The topological polar surface area (TPSA) is 66.9 Å². The third-order valence-electron chi connectivity index (χ3n) is 5.44. The Balaban J connectivity index is 1.68. The molecule has 1 fully saturated rings. The second-order valence-corrected chi connectivity index (χ2v) is 7.54. The van der Waals surface area contributed by atoms with Gasteiger partial charge in [-0.2, -0.15) is 0 Å². The largest absolute Gasteiger partial charge is 0.343 e. The average molecular weight is 391 g/mol. The number of carbonyl (C=O) groups is 1. The van der Waals surface area contributed by atoms with Crippen molar-refractivity contribution in [1.29, 1.82) is 0 Å². The van der Waals surface area contributed by atoms with Crippen LogP contribution in [-0.4, -0.2) is 15.5 Å². The summed E-state index contributed by atoms with van der Waals surface area (Å²) in [5, 5.41) is 3.71. The monoisotopic (exact) mass is 391 g/mol. The van der Waals surface area contributed by atoms with E-state index in [0.717, 1.165) is 24.8 Å². The van der Waals surface area contributed by atoms with E-state index in [-0.39, 0.29) is 17.0 Å². The van der Waals surface area contributed by atoms with E-state index in [9.17, 15) is 9.59 Å². The highest BCUT2D eigenvalue weighted by molar-refractivity contribution is 7.71. The minimum absolute atomic E-state index is 0.153. The minimum atomic E-state index is -0.312. The van der Waals surface area contributed by atoms with Gasteiger partial charge < -0.3 is 10.3 Å². The zero-order valence-electron chi connectivity index (χ0n) is 15.4. The lowest BCUT2D eigenvalue weighted by Crippen LogP contribution is -2.50. The van der Waals surface area contributed by atoms with Gasteiger partial charge in [-0.3, -0.25) is 14.2 Å². The van der Waals surface area contributed by atoms with Crippen molar-refractivity contribution in [3.05, 3.63) is 87.4 Å². The second-order valence-electron chi connectivity index (χ2n) is 7.15. The van der Waals surface area contributed by atoms with Crippen molar-refractivity contribution in [3.63, 3.8) is 0 Å². The van der Waals surface area contributed by atoms with E-state index in [4.69, 9.17) is 12.2 Å². The quantitative estimate of drug-likeness (QED) is 0.509. The van der Waals surface area contributed by atoms with Crippen LogP contribution in [0.5, 0.6) is 0 Å². The van der Waals surface area contributed by atoms with Crippen molar-refractivity contribution in [1.82, 2.24) is 14.9 Å². The number of H-pyrrole nitrogens is 1. The number of amides is 1. The molecule has 1 aliphatic carbocycles. The maximum Gasteiger partial charge on any atom is 0.262 e. The molecule has 0 atom stereocenters. The van der Waals surface area contributed by atoms with Crippen molar-refractivity contribution in [2.75, 3.05) is 0 Å². The number of aromatic amines is 1. The molecule has 28 heavy (non-hydrogen) atoms. The molecule has 3 aromatic rings. The number of nitrogens with one attached hydrogen (secondary N) is 2. The van der Waals surface area contributed by atoms with Crippen LogP contribution in [0.3, 0.4) is 0 Å². The Morgan fingerprint density at radius 3 is 2.64 bits per heavy atom. The van der Waals surface area contributed by atoms with Gasteiger partial charge in [0.1, 0.15) is 0 Å². The summed E-state index contributed by atoms with van der Waals surface area (Å²) in [6.45, 7) is 3.99. The summed E-state index contributed by atoms with van der Waals surface area (Å²) in [4.78, 5) is 28.6. The molecule has 5 nitrogen and oxygen atoms in total. The van der Waals surface area contributed by atoms with Gasteiger partial charge in [-0.15, -0.1) is 6.58 Å². The molecular weight excluding hydrogens is 370 g/mol. The summed E-state index contributed by atoms with van der Waals surface area (Å²) in [6, 6.07) is 15.1. The molecule has 1 heterocycles. The molecule has 0 aliphatic heterocycles.